The van der Waals surface area contributed by atoms with Crippen molar-refractivity contribution in [3.8, 4) is 0 Å². The maximum atomic E-state index is 14.0. The molecule has 0 atom stereocenters. The highest BCUT2D eigenvalue weighted by Crippen LogP contribution is 2.35. The third kappa shape index (κ3) is 6.66. The molecule has 4 fully saturated rings. The van der Waals surface area contributed by atoms with Gasteiger partial charge in [-0.1, -0.05) is 77.0 Å². The van der Waals surface area contributed by atoms with E-state index in [2.05, 4.69) is 4.98 Å². The second kappa shape index (κ2) is 13.9. The number of amides is 4. The molecule has 40 heavy (non-hydrogen) atoms. The van der Waals surface area contributed by atoms with Gasteiger partial charge in [0.2, 0.25) is 23.6 Å². The Balaban J connectivity index is 1.49. The second-order valence-corrected chi connectivity index (χ2v) is 12.8. The van der Waals surface area contributed by atoms with E-state index in [4.69, 9.17) is 0 Å². The van der Waals surface area contributed by atoms with Crippen molar-refractivity contribution in [1.82, 2.24) is 4.98 Å². The fraction of sp³-hybridized carbons (Fsp3) is 0.727. The molecule has 4 saturated carbocycles. The van der Waals surface area contributed by atoms with Crippen LogP contribution in [-0.4, -0.2) is 28.6 Å². The highest BCUT2D eigenvalue weighted by Gasteiger charge is 2.38. The lowest BCUT2D eigenvalue weighted by atomic mass is 9.85. The average molecular weight is 550 g/mol. The van der Waals surface area contributed by atoms with Gasteiger partial charge in [-0.15, -0.1) is 0 Å². The molecule has 218 valence electrons. The summed E-state index contributed by atoms with van der Waals surface area (Å²) in [5.74, 6) is -1.25. The van der Waals surface area contributed by atoms with E-state index in [0.29, 0.717) is 11.4 Å². The molecule has 0 N–H and O–H groups in total. The molecule has 0 saturated heterocycles. The summed E-state index contributed by atoms with van der Waals surface area (Å²) in [5.41, 5.74) is 0.808. The third-order valence-corrected chi connectivity index (χ3v) is 9.92. The van der Waals surface area contributed by atoms with Gasteiger partial charge in [-0.25, -0.2) is 9.80 Å². The topological polar surface area (TPSA) is 87.7 Å². The summed E-state index contributed by atoms with van der Waals surface area (Å²) in [6.07, 6.45) is 22.0. The van der Waals surface area contributed by atoms with Gasteiger partial charge < -0.3 is 0 Å². The summed E-state index contributed by atoms with van der Waals surface area (Å²) >= 11 is 0. The number of carbonyl (C=O) groups excluding carboxylic acids is 4. The number of imide groups is 2. The fourth-order valence-electron chi connectivity index (χ4n) is 7.52. The predicted octanol–water partition coefficient (Wildman–Crippen LogP) is 7.12. The number of carbonyl (C=O) groups is 4. The number of rotatable bonds is 6. The van der Waals surface area contributed by atoms with Gasteiger partial charge in [0.15, 0.2) is 0 Å². The van der Waals surface area contributed by atoms with Gasteiger partial charge in [-0.05, 0) is 57.4 Å². The number of aromatic nitrogens is 1. The predicted molar refractivity (Wildman–Crippen MR) is 156 cm³/mol. The number of nitrogens with zero attached hydrogens (tertiary/aromatic N) is 3. The van der Waals surface area contributed by atoms with Gasteiger partial charge in [0.25, 0.3) is 0 Å². The van der Waals surface area contributed by atoms with E-state index < -0.39 is 0 Å². The number of hydrogen-bond donors (Lipinski definition) is 0. The minimum atomic E-state index is -0.172. The molecule has 1 aromatic rings. The minimum Gasteiger partial charge on any atom is -0.274 e. The molecular weight excluding hydrogens is 502 g/mol. The van der Waals surface area contributed by atoms with Gasteiger partial charge >= 0.3 is 0 Å². The lowest BCUT2D eigenvalue weighted by molar-refractivity contribution is -0.133. The van der Waals surface area contributed by atoms with Crippen LogP contribution in [0.1, 0.15) is 128 Å². The Bertz CT molecular complexity index is 908. The summed E-state index contributed by atoms with van der Waals surface area (Å²) in [6, 6.07) is 1.72. The number of pyridine rings is 1. The Morgan fingerprint density at radius 3 is 0.950 bits per heavy atom. The molecule has 1 heterocycles. The van der Waals surface area contributed by atoms with E-state index in [9.17, 15) is 19.2 Å². The first-order chi connectivity index (χ1) is 19.5. The fourth-order valence-corrected chi connectivity index (χ4v) is 7.52. The summed E-state index contributed by atoms with van der Waals surface area (Å²) in [6.45, 7) is 0. The SMILES string of the molecule is O=C(C1CCCCC1)N(C(=O)C1CCCCC1)c1cncc(N(C(=O)C2CCCCC2)C(=O)C2CCCCC2)c1. The van der Waals surface area contributed by atoms with Crippen LogP contribution in [0.15, 0.2) is 18.5 Å². The first-order valence-electron chi connectivity index (χ1n) is 16.2. The molecule has 7 heteroatoms. The standard InChI is InChI=1S/C33H47N3O4/c37-30(24-13-5-1-6-14-24)35(31(38)25-15-7-2-8-16-25)28-21-29(23-34-22-28)36(32(39)26-17-9-3-10-18-26)33(40)27-19-11-4-12-20-27/h21-27H,1-20H2. The number of hydrogen-bond acceptors (Lipinski definition) is 5. The minimum absolute atomic E-state index is 0.141. The Labute approximate surface area is 239 Å². The zero-order valence-electron chi connectivity index (χ0n) is 24.2. The largest absolute Gasteiger partial charge is 0.274 e. The van der Waals surface area contributed by atoms with Crippen molar-refractivity contribution in [2.24, 2.45) is 23.7 Å². The maximum Gasteiger partial charge on any atom is 0.236 e. The first kappa shape index (κ1) is 28.9. The molecule has 4 aliphatic rings. The molecule has 1 aromatic heterocycles. The van der Waals surface area contributed by atoms with Crippen LogP contribution < -0.4 is 9.80 Å². The smallest absolute Gasteiger partial charge is 0.236 e. The van der Waals surface area contributed by atoms with Crippen LogP contribution in [0.4, 0.5) is 11.4 Å². The van der Waals surface area contributed by atoms with Gasteiger partial charge in [-0.2, -0.15) is 0 Å². The first-order valence-corrected chi connectivity index (χ1v) is 16.2. The van der Waals surface area contributed by atoms with Crippen LogP contribution in [0.25, 0.3) is 0 Å². The summed E-state index contributed by atoms with van der Waals surface area (Å²) in [7, 11) is 0. The molecule has 0 radical (unpaired) electrons. The molecule has 4 amide bonds. The summed E-state index contributed by atoms with van der Waals surface area (Å²) in [5, 5.41) is 0. The summed E-state index contributed by atoms with van der Waals surface area (Å²) in [4.78, 5) is 63.0. The van der Waals surface area contributed by atoms with Crippen molar-refractivity contribution in [2.45, 2.75) is 128 Å². The van der Waals surface area contributed by atoms with Gasteiger partial charge in [0, 0.05) is 23.7 Å². The van der Waals surface area contributed by atoms with Crippen molar-refractivity contribution in [3.05, 3.63) is 18.5 Å². The Morgan fingerprint density at radius 2 is 0.700 bits per heavy atom. The second-order valence-electron chi connectivity index (χ2n) is 12.8. The van der Waals surface area contributed by atoms with Crippen LogP contribution in [0.5, 0.6) is 0 Å². The molecule has 0 unspecified atom stereocenters. The van der Waals surface area contributed by atoms with Crippen LogP contribution in [0, 0.1) is 23.7 Å². The Morgan fingerprint density at radius 1 is 0.450 bits per heavy atom. The van der Waals surface area contributed by atoms with Crippen LogP contribution in [0.3, 0.4) is 0 Å². The molecule has 0 spiro atoms. The van der Waals surface area contributed by atoms with Crippen LogP contribution >= 0.6 is 0 Å². The monoisotopic (exact) mass is 549 g/mol. The molecule has 0 aliphatic heterocycles. The van der Waals surface area contributed by atoms with Crippen LogP contribution in [-0.2, 0) is 19.2 Å². The highest BCUT2D eigenvalue weighted by molar-refractivity contribution is 6.18. The van der Waals surface area contributed by atoms with E-state index in [1.807, 2.05) is 0 Å². The zero-order chi connectivity index (χ0) is 27.9. The van der Waals surface area contributed by atoms with Crippen molar-refractivity contribution in [2.75, 3.05) is 9.80 Å². The maximum absolute atomic E-state index is 14.0. The molecule has 5 rings (SSSR count). The van der Waals surface area contributed by atoms with Crippen molar-refractivity contribution >= 4 is 35.0 Å². The molecule has 4 aliphatic carbocycles. The third-order valence-electron chi connectivity index (χ3n) is 9.92. The Kier molecular flexibility index (Phi) is 10.0. The van der Waals surface area contributed by atoms with E-state index in [1.165, 1.54) is 9.80 Å². The van der Waals surface area contributed by atoms with Gasteiger partial charge in [0.05, 0.1) is 23.8 Å². The average Bonchev–Trinajstić information content (AvgIpc) is 3.03. The molecule has 0 bridgehead atoms. The van der Waals surface area contributed by atoms with Crippen LogP contribution in [0.2, 0.25) is 0 Å². The van der Waals surface area contributed by atoms with Crippen molar-refractivity contribution in [1.29, 1.82) is 0 Å². The molecule has 7 nitrogen and oxygen atoms in total. The Hall–Kier alpha value is -2.57. The zero-order valence-corrected chi connectivity index (χ0v) is 24.2. The summed E-state index contributed by atoms with van der Waals surface area (Å²) < 4.78 is 0. The van der Waals surface area contributed by atoms with Gasteiger partial charge in [-0.3, -0.25) is 24.2 Å². The van der Waals surface area contributed by atoms with E-state index in [0.717, 1.165) is 128 Å². The highest BCUT2D eigenvalue weighted by atomic mass is 16.2. The van der Waals surface area contributed by atoms with Gasteiger partial charge in [0.1, 0.15) is 0 Å². The van der Waals surface area contributed by atoms with E-state index >= 15 is 0 Å². The molecular formula is C33H47N3O4. The molecule has 0 aromatic carbocycles. The van der Waals surface area contributed by atoms with Crippen molar-refractivity contribution < 1.29 is 19.2 Å². The lowest BCUT2D eigenvalue weighted by Crippen LogP contribution is -2.46. The normalized spacial score (nSPS) is 22.0. The lowest BCUT2D eigenvalue weighted by Gasteiger charge is -2.33. The van der Waals surface area contributed by atoms with E-state index in [1.54, 1.807) is 18.5 Å². The number of anilines is 2. The van der Waals surface area contributed by atoms with Crippen molar-refractivity contribution in [3.63, 3.8) is 0 Å². The quantitative estimate of drug-likeness (QED) is 0.353. The van der Waals surface area contributed by atoms with E-state index in [-0.39, 0.29) is 47.3 Å².